The summed E-state index contributed by atoms with van der Waals surface area (Å²) in [6.07, 6.45) is 1.58. The maximum Gasteiger partial charge on any atom is 0.240 e. The lowest BCUT2D eigenvalue weighted by Gasteiger charge is -2.19. The largest absolute Gasteiger partial charge is 0.468 e. The molecule has 2 amide bonds. The van der Waals surface area contributed by atoms with E-state index in [9.17, 15) is 18.0 Å². The van der Waals surface area contributed by atoms with Crippen LogP contribution in [-0.4, -0.2) is 26.8 Å². The lowest BCUT2D eigenvalue weighted by molar-refractivity contribution is -0.122. The molecule has 0 aliphatic carbocycles. The summed E-state index contributed by atoms with van der Waals surface area (Å²) >= 11 is 0. The number of benzene rings is 3. The van der Waals surface area contributed by atoms with Gasteiger partial charge in [0.2, 0.25) is 21.8 Å². The number of rotatable bonds is 7. The topological polar surface area (TPSA) is 109 Å². The molecule has 1 saturated heterocycles. The first-order chi connectivity index (χ1) is 16.9. The van der Waals surface area contributed by atoms with Crippen LogP contribution in [0.15, 0.2) is 94.4 Å². The minimum atomic E-state index is -3.73. The van der Waals surface area contributed by atoms with E-state index in [1.807, 2.05) is 42.5 Å². The highest BCUT2D eigenvalue weighted by molar-refractivity contribution is 7.89. The van der Waals surface area contributed by atoms with Gasteiger partial charge in [0.05, 0.1) is 29.3 Å². The van der Waals surface area contributed by atoms with Gasteiger partial charge in [0.1, 0.15) is 5.76 Å². The number of amides is 2. The quantitative estimate of drug-likeness (QED) is 0.409. The molecule has 1 aliphatic rings. The van der Waals surface area contributed by atoms with Crippen molar-refractivity contribution in [2.24, 2.45) is 5.92 Å². The fourth-order valence-electron chi connectivity index (χ4n) is 4.18. The van der Waals surface area contributed by atoms with E-state index < -0.39 is 15.9 Å². The monoisotopic (exact) mass is 489 g/mol. The highest BCUT2D eigenvalue weighted by atomic mass is 32.2. The van der Waals surface area contributed by atoms with E-state index >= 15 is 0 Å². The molecule has 1 aromatic heterocycles. The first-order valence-electron chi connectivity index (χ1n) is 11.1. The average molecular weight is 490 g/mol. The third-order valence-electron chi connectivity index (χ3n) is 6.00. The molecule has 0 spiro atoms. The number of carbonyl (C=O) groups excluding carboxylic acids is 2. The predicted octanol–water partition coefficient (Wildman–Crippen LogP) is 3.90. The standard InChI is InChI=1S/C26H23N3O5S/c30-25-15-19(17-29(25)24-9-3-6-18-5-1-2-8-23(18)24)26(31)28-20-10-12-22(13-11-20)35(32,33)27-16-21-7-4-14-34-21/h1-14,19,27H,15-17H2,(H,28,31)/t19-/m1/s1. The number of carbonyl (C=O) groups is 2. The highest BCUT2D eigenvalue weighted by Crippen LogP contribution is 2.32. The number of nitrogens with one attached hydrogen (secondary N) is 2. The molecule has 4 aromatic rings. The molecular formula is C26H23N3O5S. The molecule has 9 heteroatoms. The smallest absolute Gasteiger partial charge is 0.240 e. The second kappa shape index (κ2) is 9.36. The third kappa shape index (κ3) is 4.82. The summed E-state index contributed by atoms with van der Waals surface area (Å²) < 4.78 is 32.6. The number of fused-ring (bicyclic) bond motifs is 1. The molecule has 5 rings (SSSR count). The molecule has 1 fully saturated rings. The zero-order valence-electron chi connectivity index (χ0n) is 18.7. The number of hydrogen-bond donors (Lipinski definition) is 2. The minimum Gasteiger partial charge on any atom is -0.468 e. The Kier molecular flexibility index (Phi) is 6.10. The molecule has 0 bridgehead atoms. The van der Waals surface area contributed by atoms with E-state index in [1.54, 1.807) is 17.0 Å². The Labute approximate surface area is 202 Å². The van der Waals surface area contributed by atoms with E-state index in [0.29, 0.717) is 11.4 Å². The molecule has 8 nitrogen and oxygen atoms in total. The second-order valence-corrected chi connectivity index (χ2v) is 10.1. The van der Waals surface area contributed by atoms with Crippen molar-refractivity contribution in [3.8, 4) is 0 Å². The van der Waals surface area contributed by atoms with Gasteiger partial charge < -0.3 is 14.6 Å². The van der Waals surface area contributed by atoms with Gasteiger partial charge in [-0.05, 0) is 47.9 Å². The van der Waals surface area contributed by atoms with Gasteiger partial charge >= 0.3 is 0 Å². The van der Waals surface area contributed by atoms with Crippen LogP contribution in [0.5, 0.6) is 0 Å². The third-order valence-corrected chi connectivity index (χ3v) is 7.42. The maximum absolute atomic E-state index is 12.9. The van der Waals surface area contributed by atoms with Crippen LogP contribution in [0.3, 0.4) is 0 Å². The van der Waals surface area contributed by atoms with E-state index in [0.717, 1.165) is 16.5 Å². The first kappa shape index (κ1) is 22.8. The van der Waals surface area contributed by atoms with Gasteiger partial charge in [0.15, 0.2) is 0 Å². The molecule has 178 valence electrons. The Morgan fingerprint density at radius 1 is 0.971 bits per heavy atom. The van der Waals surface area contributed by atoms with Gasteiger partial charge in [-0.1, -0.05) is 36.4 Å². The van der Waals surface area contributed by atoms with E-state index in [-0.39, 0.29) is 36.2 Å². The van der Waals surface area contributed by atoms with Gasteiger partial charge in [-0.2, -0.15) is 0 Å². The van der Waals surface area contributed by atoms with Crippen LogP contribution in [0.1, 0.15) is 12.2 Å². The fourth-order valence-corrected chi connectivity index (χ4v) is 5.18. The van der Waals surface area contributed by atoms with Crippen molar-refractivity contribution in [2.75, 3.05) is 16.8 Å². The summed E-state index contributed by atoms with van der Waals surface area (Å²) in [5.74, 6) is -0.404. The molecule has 2 heterocycles. The van der Waals surface area contributed by atoms with Crippen molar-refractivity contribution in [3.05, 3.63) is 90.9 Å². The SMILES string of the molecule is O=C(Nc1ccc(S(=O)(=O)NCc2ccco2)cc1)[C@@H]1CC(=O)N(c2cccc3ccccc23)C1. The molecule has 1 atom stereocenters. The summed E-state index contributed by atoms with van der Waals surface area (Å²) in [5, 5.41) is 4.79. The van der Waals surface area contributed by atoms with E-state index in [2.05, 4.69) is 10.0 Å². The van der Waals surface area contributed by atoms with E-state index in [4.69, 9.17) is 4.42 Å². The van der Waals surface area contributed by atoms with Crippen LogP contribution in [0.25, 0.3) is 10.8 Å². The average Bonchev–Trinajstić information content (AvgIpc) is 3.53. The predicted molar refractivity (Wildman–Crippen MR) is 132 cm³/mol. The van der Waals surface area contributed by atoms with Crippen molar-refractivity contribution in [2.45, 2.75) is 17.9 Å². The van der Waals surface area contributed by atoms with E-state index in [1.165, 1.54) is 30.5 Å². The molecular weight excluding hydrogens is 466 g/mol. The Morgan fingerprint density at radius 2 is 1.74 bits per heavy atom. The molecule has 3 aromatic carbocycles. The second-order valence-electron chi connectivity index (χ2n) is 8.32. The molecule has 0 radical (unpaired) electrons. The highest BCUT2D eigenvalue weighted by Gasteiger charge is 2.35. The number of nitrogens with zero attached hydrogens (tertiary/aromatic N) is 1. The van der Waals surface area contributed by atoms with Gasteiger partial charge in [0.25, 0.3) is 0 Å². The summed E-state index contributed by atoms with van der Waals surface area (Å²) in [4.78, 5) is 27.4. The van der Waals surface area contributed by atoms with Crippen LogP contribution in [-0.2, 0) is 26.2 Å². The first-order valence-corrected chi connectivity index (χ1v) is 12.6. The Morgan fingerprint density at radius 3 is 2.51 bits per heavy atom. The fraction of sp³-hybridized carbons (Fsp3) is 0.154. The minimum absolute atomic E-state index is 0.0384. The van der Waals surface area contributed by atoms with Crippen LogP contribution >= 0.6 is 0 Å². The van der Waals surface area contributed by atoms with Gasteiger partial charge in [0, 0.05) is 24.0 Å². The molecule has 2 N–H and O–H groups in total. The molecule has 1 aliphatic heterocycles. The number of furan rings is 1. The van der Waals surface area contributed by atoms with Crippen molar-refractivity contribution >= 4 is 44.0 Å². The van der Waals surface area contributed by atoms with Gasteiger partial charge in [-0.25, -0.2) is 13.1 Å². The van der Waals surface area contributed by atoms with Crippen molar-refractivity contribution < 1.29 is 22.4 Å². The summed E-state index contributed by atoms with van der Waals surface area (Å²) in [5.41, 5.74) is 1.25. The summed E-state index contributed by atoms with van der Waals surface area (Å²) in [6.45, 7) is 0.318. The van der Waals surface area contributed by atoms with Gasteiger partial charge in [-0.15, -0.1) is 0 Å². The normalized spacial score (nSPS) is 16.1. The van der Waals surface area contributed by atoms with Crippen LogP contribution in [0, 0.1) is 5.92 Å². The number of anilines is 2. The zero-order valence-corrected chi connectivity index (χ0v) is 19.5. The van der Waals surface area contributed by atoms with Crippen LogP contribution in [0.4, 0.5) is 11.4 Å². The maximum atomic E-state index is 12.9. The Balaban J connectivity index is 1.24. The van der Waals surface area contributed by atoms with Crippen molar-refractivity contribution in [3.63, 3.8) is 0 Å². The molecule has 35 heavy (non-hydrogen) atoms. The molecule has 0 unspecified atom stereocenters. The lowest BCUT2D eigenvalue weighted by atomic mass is 10.1. The van der Waals surface area contributed by atoms with Crippen LogP contribution in [0.2, 0.25) is 0 Å². The Bertz CT molecular complexity index is 1480. The Hall–Kier alpha value is -3.95. The molecule has 0 saturated carbocycles. The number of hydrogen-bond acceptors (Lipinski definition) is 5. The summed E-state index contributed by atoms with van der Waals surface area (Å²) in [7, 11) is -3.73. The number of sulfonamides is 1. The van der Waals surface area contributed by atoms with Crippen LogP contribution < -0.4 is 14.9 Å². The van der Waals surface area contributed by atoms with Gasteiger partial charge in [-0.3, -0.25) is 9.59 Å². The lowest BCUT2D eigenvalue weighted by Crippen LogP contribution is -2.28. The van der Waals surface area contributed by atoms with Crippen molar-refractivity contribution in [1.82, 2.24) is 4.72 Å². The van der Waals surface area contributed by atoms with Crippen molar-refractivity contribution in [1.29, 1.82) is 0 Å². The summed E-state index contributed by atoms with van der Waals surface area (Å²) in [6, 6.07) is 22.8. The zero-order chi connectivity index (χ0) is 24.4.